The fourth-order valence-electron chi connectivity index (χ4n) is 4.67. The molecule has 0 aromatic heterocycles. The molecule has 3 N–H and O–H groups in total. The van der Waals surface area contributed by atoms with E-state index in [9.17, 15) is 14.4 Å². The molecule has 0 aromatic rings. The third-order valence-corrected chi connectivity index (χ3v) is 6.06. The molecule has 4 atom stereocenters. The summed E-state index contributed by atoms with van der Waals surface area (Å²) < 4.78 is 0. The van der Waals surface area contributed by atoms with Gasteiger partial charge >= 0.3 is 0 Å². The SMILES string of the molecule is CC(C)[C@H]1CCN(C(=O)[C@@H]2CCCN2)[C@@H]1C(=O)N1CCC[C@H]1C(N)=O. The van der Waals surface area contributed by atoms with Crippen LogP contribution in [-0.2, 0) is 14.4 Å². The molecule has 3 amide bonds. The zero-order chi connectivity index (χ0) is 18.1. The van der Waals surface area contributed by atoms with E-state index in [0.29, 0.717) is 25.4 Å². The number of nitrogens with zero attached hydrogens (tertiary/aromatic N) is 2. The number of nitrogens with two attached hydrogens (primary N) is 1. The van der Waals surface area contributed by atoms with Gasteiger partial charge in [0.1, 0.15) is 12.1 Å². The Labute approximate surface area is 149 Å². The van der Waals surface area contributed by atoms with Gasteiger partial charge in [-0.25, -0.2) is 0 Å². The van der Waals surface area contributed by atoms with Crippen molar-refractivity contribution in [2.45, 2.75) is 64.1 Å². The second-order valence-electron chi connectivity index (χ2n) is 7.91. The lowest BCUT2D eigenvalue weighted by Gasteiger charge is -2.35. The number of hydrogen-bond donors (Lipinski definition) is 2. The van der Waals surface area contributed by atoms with Gasteiger partial charge in [0.05, 0.1) is 6.04 Å². The Morgan fingerprint density at radius 1 is 1.00 bits per heavy atom. The lowest BCUT2D eigenvalue weighted by molar-refractivity contribution is -0.148. The fourth-order valence-corrected chi connectivity index (χ4v) is 4.67. The molecular formula is C18H30N4O3. The van der Waals surface area contributed by atoms with Crippen molar-refractivity contribution in [3.63, 3.8) is 0 Å². The predicted molar refractivity (Wildman–Crippen MR) is 93.4 cm³/mol. The van der Waals surface area contributed by atoms with Gasteiger partial charge in [-0.3, -0.25) is 14.4 Å². The lowest BCUT2D eigenvalue weighted by Crippen LogP contribution is -2.56. The van der Waals surface area contributed by atoms with Crippen LogP contribution in [0.3, 0.4) is 0 Å². The van der Waals surface area contributed by atoms with E-state index >= 15 is 0 Å². The Bertz CT molecular complexity index is 544. The van der Waals surface area contributed by atoms with Gasteiger partial charge in [0, 0.05) is 13.1 Å². The Kier molecular flexibility index (Phi) is 5.32. The van der Waals surface area contributed by atoms with Crippen LogP contribution in [0.2, 0.25) is 0 Å². The molecule has 3 fully saturated rings. The number of amides is 3. The van der Waals surface area contributed by atoms with Gasteiger partial charge in [0.2, 0.25) is 17.7 Å². The van der Waals surface area contributed by atoms with Crippen molar-refractivity contribution in [3.8, 4) is 0 Å². The molecule has 0 bridgehead atoms. The molecular weight excluding hydrogens is 320 g/mol. The van der Waals surface area contributed by atoms with Crippen LogP contribution in [0.25, 0.3) is 0 Å². The van der Waals surface area contributed by atoms with Crippen LogP contribution in [0.15, 0.2) is 0 Å². The summed E-state index contributed by atoms with van der Waals surface area (Å²) in [5, 5.41) is 3.24. The minimum absolute atomic E-state index is 0.0359. The van der Waals surface area contributed by atoms with Crippen LogP contribution in [0, 0.1) is 11.8 Å². The smallest absolute Gasteiger partial charge is 0.246 e. The topological polar surface area (TPSA) is 95.7 Å². The van der Waals surface area contributed by atoms with Crippen molar-refractivity contribution >= 4 is 17.7 Å². The average Bonchev–Trinajstić information content (AvgIpc) is 3.32. The Morgan fingerprint density at radius 3 is 2.36 bits per heavy atom. The van der Waals surface area contributed by atoms with E-state index in [1.54, 1.807) is 9.80 Å². The first-order valence-corrected chi connectivity index (χ1v) is 9.55. The predicted octanol–water partition coefficient (Wildman–Crippen LogP) is 0.0878. The third-order valence-electron chi connectivity index (χ3n) is 6.06. The van der Waals surface area contributed by atoms with Gasteiger partial charge in [-0.05, 0) is 50.5 Å². The van der Waals surface area contributed by atoms with Gasteiger partial charge < -0.3 is 20.9 Å². The minimum Gasteiger partial charge on any atom is -0.368 e. The molecule has 25 heavy (non-hydrogen) atoms. The highest BCUT2D eigenvalue weighted by Crippen LogP contribution is 2.34. The molecule has 7 nitrogen and oxygen atoms in total. The third kappa shape index (κ3) is 3.38. The second-order valence-corrected chi connectivity index (χ2v) is 7.91. The first kappa shape index (κ1) is 18.2. The maximum absolute atomic E-state index is 13.3. The summed E-state index contributed by atoms with van der Waals surface area (Å²) in [5.41, 5.74) is 5.49. The minimum atomic E-state index is -0.525. The number of hydrogen-bond acceptors (Lipinski definition) is 4. The molecule has 3 rings (SSSR count). The van der Waals surface area contributed by atoms with Crippen molar-refractivity contribution in [2.24, 2.45) is 17.6 Å². The van der Waals surface area contributed by atoms with Gasteiger partial charge in [-0.15, -0.1) is 0 Å². The number of likely N-dealkylation sites (tertiary alicyclic amines) is 2. The highest BCUT2D eigenvalue weighted by Gasteiger charge is 2.48. The summed E-state index contributed by atoms with van der Waals surface area (Å²) in [6.07, 6.45) is 4.07. The van der Waals surface area contributed by atoms with Crippen molar-refractivity contribution in [2.75, 3.05) is 19.6 Å². The fraction of sp³-hybridized carbons (Fsp3) is 0.833. The first-order chi connectivity index (χ1) is 11.9. The van der Waals surface area contributed by atoms with Gasteiger partial charge in [-0.1, -0.05) is 13.8 Å². The van der Waals surface area contributed by atoms with Gasteiger partial charge in [-0.2, -0.15) is 0 Å². The lowest BCUT2D eigenvalue weighted by atomic mass is 9.87. The van der Waals surface area contributed by atoms with Crippen LogP contribution in [-0.4, -0.2) is 65.3 Å². The maximum Gasteiger partial charge on any atom is 0.246 e. The molecule has 7 heteroatoms. The van der Waals surface area contributed by atoms with Crippen LogP contribution in [0.1, 0.15) is 46.0 Å². The van der Waals surface area contributed by atoms with Crippen molar-refractivity contribution in [1.29, 1.82) is 0 Å². The van der Waals surface area contributed by atoms with E-state index < -0.39 is 18.0 Å². The van der Waals surface area contributed by atoms with Crippen LogP contribution >= 0.6 is 0 Å². The molecule has 3 heterocycles. The zero-order valence-electron chi connectivity index (χ0n) is 15.2. The molecule has 0 radical (unpaired) electrons. The molecule has 3 aliphatic heterocycles. The van der Waals surface area contributed by atoms with Gasteiger partial charge in [0.15, 0.2) is 0 Å². The Balaban J connectivity index is 1.83. The molecule has 3 aliphatic rings. The van der Waals surface area contributed by atoms with Crippen molar-refractivity contribution in [3.05, 3.63) is 0 Å². The highest BCUT2D eigenvalue weighted by atomic mass is 16.2. The summed E-state index contributed by atoms with van der Waals surface area (Å²) in [6.45, 7) is 6.22. The quantitative estimate of drug-likeness (QED) is 0.751. The number of nitrogens with one attached hydrogen (secondary N) is 1. The van der Waals surface area contributed by atoms with Crippen LogP contribution in [0.4, 0.5) is 0 Å². The Morgan fingerprint density at radius 2 is 1.76 bits per heavy atom. The molecule has 0 unspecified atom stereocenters. The average molecular weight is 350 g/mol. The van der Waals surface area contributed by atoms with E-state index in [1.165, 1.54) is 0 Å². The van der Waals surface area contributed by atoms with E-state index in [-0.39, 0.29) is 23.8 Å². The van der Waals surface area contributed by atoms with E-state index in [4.69, 9.17) is 5.73 Å². The van der Waals surface area contributed by atoms with E-state index in [2.05, 4.69) is 19.2 Å². The first-order valence-electron chi connectivity index (χ1n) is 9.55. The van der Waals surface area contributed by atoms with Gasteiger partial charge in [0.25, 0.3) is 0 Å². The molecule has 0 aromatic carbocycles. The molecule has 0 aliphatic carbocycles. The molecule has 3 saturated heterocycles. The second kappa shape index (κ2) is 7.32. The Hall–Kier alpha value is -1.63. The van der Waals surface area contributed by atoms with E-state index in [1.807, 2.05) is 0 Å². The largest absolute Gasteiger partial charge is 0.368 e. The number of primary amides is 1. The number of rotatable bonds is 4. The standard InChI is InChI=1S/C18H30N4O3/c1-11(2)12-7-10-22(17(24)13-5-3-8-20-13)15(12)18(25)21-9-4-6-14(21)16(19)23/h11-15,20H,3-10H2,1-2H3,(H2,19,23)/t12-,13+,14+,15+/m1/s1. The van der Waals surface area contributed by atoms with Crippen molar-refractivity contribution < 1.29 is 14.4 Å². The monoisotopic (exact) mass is 350 g/mol. The highest BCUT2D eigenvalue weighted by molar-refractivity contribution is 5.93. The molecule has 0 saturated carbocycles. The number of carbonyl (C=O) groups is 3. The maximum atomic E-state index is 13.3. The summed E-state index contributed by atoms with van der Waals surface area (Å²) in [5.74, 6) is -0.0668. The molecule has 0 spiro atoms. The normalized spacial score (nSPS) is 32.6. The van der Waals surface area contributed by atoms with Crippen molar-refractivity contribution in [1.82, 2.24) is 15.1 Å². The summed E-state index contributed by atoms with van der Waals surface area (Å²) in [4.78, 5) is 41.4. The summed E-state index contributed by atoms with van der Waals surface area (Å²) in [6, 6.07) is -1.16. The summed E-state index contributed by atoms with van der Waals surface area (Å²) in [7, 11) is 0. The number of carbonyl (C=O) groups excluding carboxylic acids is 3. The zero-order valence-corrected chi connectivity index (χ0v) is 15.2. The van der Waals surface area contributed by atoms with E-state index in [0.717, 1.165) is 32.2 Å². The van der Waals surface area contributed by atoms with Crippen LogP contribution < -0.4 is 11.1 Å². The molecule has 140 valence electrons. The summed E-state index contributed by atoms with van der Waals surface area (Å²) >= 11 is 0. The van der Waals surface area contributed by atoms with Crippen LogP contribution in [0.5, 0.6) is 0 Å².